The van der Waals surface area contributed by atoms with E-state index in [1.807, 2.05) is 18.2 Å². The van der Waals surface area contributed by atoms with Crippen LogP contribution in [0.4, 0.5) is 0 Å². The van der Waals surface area contributed by atoms with Crippen LogP contribution in [-0.4, -0.2) is 29.0 Å². The maximum atomic E-state index is 12.2. The lowest BCUT2D eigenvalue weighted by Gasteiger charge is -2.19. The van der Waals surface area contributed by atoms with Crippen molar-refractivity contribution in [3.63, 3.8) is 0 Å². The number of nitrogens with zero attached hydrogens (tertiary/aromatic N) is 2. The summed E-state index contributed by atoms with van der Waals surface area (Å²) < 4.78 is 5.83. The fourth-order valence-corrected chi connectivity index (χ4v) is 2.75. The van der Waals surface area contributed by atoms with Crippen LogP contribution >= 0.6 is 0 Å². The van der Waals surface area contributed by atoms with Crippen molar-refractivity contribution in [2.24, 2.45) is 5.92 Å². The molecule has 0 saturated carbocycles. The SMILES string of the molecule is Cc1nccc(C(=O)NC[C@H]2CCO[C@@H]2c2ccccc2)n1. The standard InChI is InChI=1S/C17H19N3O2/c1-12-18-9-7-15(20-12)17(21)19-11-14-8-10-22-16(14)13-5-3-2-4-6-13/h2-7,9,14,16H,8,10-11H2,1H3,(H,19,21)/t14-,16-/m1/s1. The molecule has 0 spiro atoms. The highest BCUT2D eigenvalue weighted by Crippen LogP contribution is 2.33. The van der Waals surface area contributed by atoms with Gasteiger partial charge in [-0.2, -0.15) is 0 Å². The van der Waals surface area contributed by atoms with Crippen molar-refractivity contribution in [1.29, 1.82) is 0 Å². The lowest BCUT2D eigenvalue weighted by molar-refractivity contribution is 0.0843. The van der Waals surface area contributed by atoms with Gasteiger partial charge in [0.25, 0.3) is 5.91 Å². The van der Waals surface area contributed by atoms with Gasteiger partial charge in [-0.3, -0.25) is 4.79 Å². The van der Waals surface area contributed by atoms with Gasteiger partial charge in [-0.25, -0.2) is 9.97 Å². The van der Waals surface area contributed by atoms with Crippen LogP contribution in [0.1, 0.15) is 34.4 Å². The van der Waals surface area contributed by atoms with Gasteiger partial charge in [-0.15, -0.1) is 0 Å². The van der Waals surface area contributed by atoms with E-state index in [-0.39, 0.29) is 17.9 Å². The molecule has 114 valence electrons. The lowest BCUT2D eigenvalue weighted by Crippen LogP contribution is -2.31. The Kier molecular flexibility index (Phi) is 4.44. The highest BCUT2D eigenvalue weighted by molar-refractivity contribution is 5.92. The maximum absolute atomic E-state index is 12.2. The van der Waals surface area contributed by atoms with Crippen LogP contribution in [0.5, 0.6) is 0 Å². The highest BCUT2D eigenvalue weighted by Gasteiger charge is 2.29. The molecule has 0 unspecified atom stereocenters. The molecule has 22 heavy (non-hydrogen) atoms. The first-order valence-electron chi connectivity index (χ1n) is 7.48. The summed E-state index contributed by atoms with van der Waals surface area (Å²) in [6.07, 6.45) is 2.60. The van der Waals surface area contributed by atoms with Crippen molar-refractivity contribution < 1.29 is 9.53 Å². The number of aromatic nitrogens is 2. The molecule has 5 nitrogen and oxygen atoms in total. The Labute approximate surface area is 129 Å². The largest absolute Gasteiger partial charge is 0.373 e. The van der Waals surface area contributed by atoms with E-state index in [9.17, 15) is 4.79 Å². The minimum Gasteiger partial charge on any atom is -0.373 e. The number of nitrogens with one attached hydrogen (secondary N) is 1. The second kappa shape index (κ2) is 6.66. The quantitative estimate of drug-likeness (QED) is 0.940. The molecule has 1 aromatic carbocycles. The van der Waals surface area contributed by atoms with Crippen LogP contribution in [0, 0.1) is 12.8 Å². The molecule has 3 rings (SSSR count). The summed E-state index contributed by atoms with van der Waals surface area (Å²) in [7, 11) is 0. The van der Waals surface area contributed by atoms with E-state index < -0.39 is 0 Å². The predicted molar refractivity (Wildman–Crippen MR) is 82.3 cm³/mol. The minimum absolute atomic E-state index is 0.0497. The van der Waals surface area contributed by atoms with E-state index in [1.54, 1.807) is 19.2 Å². The predicted octanol–water partition coefficient (Wildman–Crippen LogP) is 2.29. The molecular formula is C17H19N3O2. The number of carbonyl (C=O) groups excluding carboxylic acids is 1. The summed E-state index contributed by atoms with van der Waals surface area (Å²) in [6, 6.07) is 11.8. The Morgan fingerprint density at radius 1 is 1.32 bits per heavy atom. The third kappa shape index (κ3) is 3.31. The molecule has 0 radical (unpaired) electrons. The van der Waals surface area contributed by atoms with Crippen molar-refractivity contribution in [2.45, 2.75) is 19.4 Å². The zero-order valence-corrected chi connectivity index (χ0v) is 12.5. The fraction of sp³-hybridized carbons (Fsp3) is 0.353. The van der Waals surface area contributed by atoms with Crippen LogP contribution in [0.15, 0.2) is 42.6 Å². The van der Waals surface area contributed by atoms with Crippen molar-refractivity contribution >= 4 is 5.91 Å². The Bertz CT molecular complexity index is 645. The molecule has 1 aromatic heterocycles. The van der Waals surface area contributed by atoms with E-state index in [0.29, 0.717) is 18.1 Å². The van der Waals surface area contributed by atoms with Crippen molar-refractivity contribution in [2.75, 3.05) is 13.2 Å². The van der Waals surface area contributed by atoms with Crippen molar-refractivity contribution in [3.05, 3.63) is 59.7 Å². The van der Waals surface area contributed by atoms with Gasteiger partial charge in [0, 0.05) is 25.3 Å². The molecule has 5 heteroatoms. The molecule has 0 aliphatic carbocycles. The van der Waals surface area contributed by atoms with Crippen molar-refractivity contribution in [3.8, 4) is 0 Å². The van der Waals surface area contributed by atoms with Gasteiger partial charge in [-0.05, 0) is 25.0 Å². The highest BCUT2D eigenvalue weighted by atomic mass is 16.5. The number of rotatable bonds is 4. The number of ether oxygens (including phenoxy) is 1. The third-order valence-corrected chi connectivity index (χ3v) is 3.88. The van der Waals surface area contributed by atoms with E-state index in [2.05, 4.69) is 27.4 Å². The molecule has 0 bridgehead atoms. The summed E-state index contributed by atoms with van der Waals surface area (Å²) in [5, 5.41) is 2.96. The Balaban J connectivity index is 1.62. The summed E-state index contributed by atoms with van der Waals surface area (Å²) in [4.78, 5) is 20.3. The first-order chi connectivity index (χ1) is 10.7. The van der Waals surface area contributed by atoms with Crippen molar-refractivity contribution in [1.82, 2.24) is 15.3 Å². The molecular weight excluding hydrogens is 278 g/mol. The van der Waals surface area contributed by atoms with Crippen LogP contribution in [0.3, 0.4) is 0 Å². The normalized spacial score (nSPS) is 20.8. The fourth-order valence-electron chi connectivity index (χ4n) is 2.75. The average molecular weight is 297 g/mol. The third-order valence-electron chi connectivity index (χ3n) is 3.88. The molecule has 2 atom stereocenters. The monoisotopic (exact) mass is 297 g/mol. The summed E-state index contributed by atoms with van der Waals surface area (Å²) >= 11 is 0. The molecule has 1 amide bonds. The zero-order chi connectivity index (χ0) is 15.4. The first kappa shape index (κ1) is 14.7. The molecule has 1 N–H and O–H groups in total. The molecule has 1 fully saturated rings. The molecule has 1 aliphatic heterocycles. The van der Waals surface area contributed by atoms with Crippen LogP contribution < -0.4 is 5.32 Å². The smallest absolute Gasteiger partial charge is 0.270 e. The van der Waals surface area contributed by atoms with Crippen LogP contribution in [0.25, 0.3) is 0 Å². The van der Waals surface area contributed by atoms with Gasteiger partial charge in [0.15, 0.2) is 0 Å². The van der Waals surface area contributed by atoms with E-state index in [4.69, 9.17) is 4.74 Å². The van der Waals surface area contributed by atoms with E-state index in [1.165, 1.54) is 0 Å². The van der Waals surface area contributed by atoms with Crippen LogP contribution in [-0.2, 0) is 4.74 Å². The number of benzene rings is 1. The Hall–Kier alpha value is -2.27. The number of carbonyl (C=O) groups is 1. The van der Waals surface area contributed by atoms with Gasteiger partial charge in [0.1, 0.15) is 11.5 Å². The van der Waals surface area contributed by atoms with Gasteiger partial charge in [0.2, 0.25) is 0 Å². The van der Waals surface area contributed by atoms with Gasteiger partial charge in [0.05, 0.1) is 6.10 Å². The van der Waals surface area contributed by atoms with Gasteiger partial charge < -0.3 is 10.1 Å². The van der Waals surface area contributed by atoms with E-state index >= 15 is 0 Å². The molecule has 2 heterocycles. The second-order valence-corrected chi connectivity index (χ2v) is 5.45. The zero-order valence-electron chi connectivity index (χ0n) is 12.5. The molecule has 2 aromatic rings. The summed E-state index contributed by atoms with van der Waals surface area (Å²) in [5.74, 6) is 0.720. The average Bonchev–Trinajstić information content (AvgIpc) is 3.02. The second-order valence-electron chi connectivity index (χ2n) is 5.45. The number of hydrogen-bond donors (Lipinski definition) is 1. The molecule has 1 saturated heterocycles. The Morgan fingerprint density at radius 3 is 2.91 bits per heavy atom. The number of amides is 1. The minimum atomic E-state index is -0.163. The molecule has 1 aliphatic rings. The lowest BCUT2D eigenvalue weighted by atomic mass is 9.95. The summed E-state index contributed by atoms with van der Waals surface area (Å²) in [6.45, 7) is 3.08. The number of aryl methyl sites for hydroxylation is 1. The van der Waals surface area contributed by atoms with Gasteiger partial charge in [-0.1, -0.05) is 30.3 Å². The topological polar surface area (TPSA) is 64.1 Å². The first-order valence-corrected chi connectivity index (χ1v) is 7.48. The van der Waals surface area contributed by atoms with Crippen LogP contribution in [0.2, 0.25) is 0 Å². The van der Waals surface area contributed by atoms with E-state index in [0.717, 1.165) is 18.6 Å². The Morgan fingerprint density at radius 2 is 2.14 bits per heavy atom. The maximum Gasteiger partial charge on any atom is 0.270 e. The number of hydrogen-bond acceptors (Lipinski definition) is 4. The van der Waals surface area contributed by atoms with Gasteiger partial charge >= 0.3 is 0 Å². The summed E-state index contributed by atoms with van der Waals surface area (Å²) in [5.41, 5.74) is 1.57.